The van der Waals surface area contributed by atoms with Gasteiger partial charge in [-0.3, -0.25) is 14.3 Å². The fourth-order valence-corrected chi connectivity index (χ4v) is 4.57. The van der Waals surface area contributed by atoms with E-state index < -0.39 is 23.7 Å². The highest BCUT2D eigenvalue weighted by molar-refractivity contribution is 6.00. The minimum atomic E-state index is -0.913. The summed E-state index contributed by atoms with van der Waals surface area (Å²) in [5.74, 6) is -0.839. The molecule has 34 heavy (non-hydrogen) atoms. The van der Waals surface area contributed by atoms with Gasteiger partial charge in [0.2, 0.25) is 0 Å². The molecule has 0 spiro atoms. The second-order valence-electron chi connectivity index (χ2n) is 8.11. The fraction of sp³-hybridized carbons (Fsp3) is 0.320. The van der Waals surface area contributed by atoms with Crippen LogP contribution >= 0.6 is 0 Å². The molecule has 0 bridgehead atoms. The smallest absolute Gasteiger partial charge is 0.252 e. The number of carbonyl (C=O) groups is 2. The molecule has 9 heteroatoms. The van der Waals surface area contributed by atoms with E-state index in [1.807, 2.05) is 6.92 Å². The van der Waals surface area contributed by atoms with Gasteiger partial charge in [-0.2, -0.15) is 5.10 Å². The number of aryl methyl sites for hydroxylation is 2. The van der Waals surface area contributed by atoms with E-state index in [-0.39, 0.29) is 18.0 Å². The molecular weight excluding hydrogens is 441 g/mol. The first-order chi connectivity index (χ1) is 16.3. The van der Waals surface area contributed by atoms with Crippen LogP contribution in [0.5, 0.6) is 17.2 Å². The number of Topliss-reactive ketones (excluding diaryl/α,β-unsaturated/α-hetero) is 1. The maximum Gasteiger partial charge on any atom is 0.252 e. The van der Waals surface area contributed by atoms with E-state index in [1.165, 1.54) is 33.5 Å². The lowest BCUT2D eigenvalue weighted by Crippen LogP contribution is -2.48. The van der Waals surface area contributed by atoms with Gasteiger partial charge in [0.1, 0.15) is 0 Å². The summed E-state index contributed by atoms with van der Waals surface area (Å²) in [4.78, 5) is 26.5. The number of halogens is 1. The fourth-order valence-electron chi connectivity index (χ4n) is 4.57. The van der Waals surface area contributed by atoms with Gasteiger partial charge in [0, 0.05) is 29.8 Å². The molecule has 1 aliphatic rings. The van der Waals surface area contributed by atoms with Crippen molar-refractivity contribution >= 4 is 11.7 Å². The maximum atomic E-state index is 14.6. The highest BCUT2D eigenvalue weighted by atomic mass is 19.1. The number of hydrogen-bond acceptors (Lipinski definition) is 6. The highest BCUT2D eigenvalue weighted by Gasteiger charge is 2.41. The lowest BCUT2D eigenvalue weighted by molar-refractivity contribution is -0.121. The van der Waals surface area contributed by atoms with Crippen LogP contribution in [0.3, 0.4) is 0 Å². The molecule has 1 N–H and O–H groups in total. The predicted octanol–water partition coefficient (Wildman–Crippen LogP) is 2.95. The topological polar surface area (TPSA) is 91.7 Å². The zero-order valence-corrected chi connectivity index (χ0v) is 19.6. The van der Waals surface area contributed by atoms with E-state index in [4.69, 9.17) is 14.2 Å². The van der Waals surface area contributed by atoms with Gasteiger partial charge in [-0.15, -0.1) is 0 Å². The van der Waals surface area contributed by atoms with Gasteiger partial charge < -0.3 is 19.5 Å². The number of nitrogens with one attached hydrogen (secondary N) is 1. The normalized spacial score (nSPS) is 17.2. The third-order valence-electron chi connectivity index (χ3n) is 6.19. The maximum absolute atomic E-state index is 14.6. The summed E-state index contributed by atoms with van der Waals surface area (Å²) in [5, 5.41) is 7.35. The minimum absolute atomic E-state index is 0.0972. The summed E-state index contributed by atoms with van der Waals surface area (Å²) in [6.07, 6.45) is 0.110. The Morgan fingerprint density at radius 2 is 1.74 bits per heavy atom. The number of rotatable bonds is 6. The summed E-state index contributed by atoms with van der Waals surface area (Å²) in [7, 11) is 6.14. The molecule has 2 atom stereocenters. The summed E-state index contributed by atoms with van der Waals surface area (Å²) < 4.78 is 31.9. The van der Waals surface area contributed by atoms with Crippen LogP contribution in [0.2, 0.25) is 0 Å². The molecule has 178 valence electrons. The molecule has 0 saturated carbocycles. The molecule has 0 radical (unpaired) electrons. The number of benzene rings is 2. The van der Waals surface area contributed by atoms with Gasteiger partial charge in [0.25, 0.3) is 5.91 Å². The predicted molar refractivity (Wildman–Crippen MR) is 122 cm³/mol. The largest absolute Gasteiger partial charge is 0.494 e. The van der Waals surface area contributed by atoms with Crippen LogP contribution in [0.25, 0.3) is 0 Å². The SMILES string of the molecule is COc1ccc([C@@H]2c3c(C)nn(C)c3CC(=O)[C@H]2NC(=O)c2ccc(OC)c(OC)c2)cc1F. The molecule has 1 aromatic heterocycles. The Kier molecular flexibility index (Phi) is 6.28. The molecular formula is C25H26FN3O5. The van der Waals surface area contributed by atoms with Crippen molar-refractivity contribution in [2.24, 2.45) is 7.05 Å². The number of ketones is 1. The van der Waals surface area contributed by atoms with E-state index in [1.54, 1.807) is 36.0 Å². The molecule has 3 aromatic rings. The Morgan fingerprint density at radius 3 is 2.38 bits per heavy atom. The van der Waals surface area contributed by atoms with E-state index in [0.717, 1.165) is 17.0 Å². The van der Waals surface area contributed by atoms with E-state index in [2.05, 4.69) is 10.4 Å². The van der Waals surface area contributed by atoms with Crippen molar-refractivity contribution in [3.05, 3.63) is 70.3 Å². The van der Waals surface area contributed by atoms with Gasteiger partial charge >= 0.3 is 0 Å². The number of amides is 1. The van der Waals surface area contributed by atoms with Crippen LogP contribution in [0, 0.1) is 12.7 Å². The zero-order valence-electron chi connectivity index (χ0n) is 19.6. The Balaban J connectivity index is 1.77. The highest BCUT2D eigenvalue weighted by Crippen LogP contribution is 2.39. The number of fused-ring (bicyclic) bond motifs is 1. The first-order valence-electron chi connectivity index (χ1n) is 10.7. The van der Waals surface area contributed by atoms with Crippen LogP contribution in [0.15, 0.2) is 36.4 Å². The van der Waals surface area contributed by atoms with Crippen LogP contribution in [0.1, 0.15) is 38.8 Å². The van der Waals surface area contributed by atoms with Crippen molar-refractivity contribution in [1.82, 2.24) is 15.1 Å². The van der Waals surface area contributed by atoms with Crippen LogP contribution in [0.4, 0.5) is 4.39 Å². The second kappa shape index (κ2) is 9.17. The number of methoxy groups -OCH3 is 3. The van der Waals surface area contributed by atoms with Gasteiger partial charge in [-0.25, -0.2) is 4.39 Å². The number of ether oxygens (including phenoxy) is 3. The van der Waals surface area contributed by atoms with Gasteiger partial charge in [0.05, 0.1) is 39.5 Å². The monoisotopic (exact) mass is 467 g/mol. The van der Waals surface area contributed by atoms with Crippen LogP contribution in [-0.2, 0) is 18.3 Å². The standard InChI is InChI=1S/C25H26FN3O5/c1-13-22-17(29(2)28-13)12-18(30)24(23(22)14-6-8-19(32-3)16(26)10-14)27-25(31)15-7-9-20(33-4)21(11-15)34-5/h6-11,23-24H,12H2,1-5H3,(H,27,31)/t23-,24-/m1/s1. The lowest BCUT2D eigenvalue weighted by atomic mass is 9.76. The molecule has 1 aliphatic carbocycles. The van der Waals surface area contributed by atoms with Crippen LogP contribution < -0.4 is 19.5 Å². The van der Waals surface area contributed by atoms with E-state index in [0.29, 0.717) is 22.6 Å². The molecule has 4 rings (SSSR count). The number of carbonyl (C=O) groups excluding carboxylic acids is 2. The van der Waals surface area contributed by atoms with Crippen molar-refractivity contribution in [3.63, 3.8) is 0 Å². The van der Waals surface area contributed by atoms with Gasteiger partial charge in [-0.05, 0) is 42.8 Å². The quantitative estimate of drug-likeness (QED) is 0.600. The van der Waals surface area contributed by atoms with Crippen LogP contribution in [-0.4, -0.2) is 48.8 Å². The van der Waals surface area contributed by atoms with Crippen molar-refractivity contribution in [2.75, 3.05) is 21.3 Å². The molecule has 0 unspecified atom stereocenters. The third kappa shape index (κ3) is 3.98. The molecule has 0 aliphatic heterocycles. The summed E-state index contributed by atoms with van der Waals surface area (Å²) >= 11 is 0. The Hall–Kier alpha value is -3.88. The van der Waals surface area contributed by atoms with Gasteiger partial charge in [0.15, 0.2) is 28.8 Å². The van der Waals surface area contributed by atoms with Gasteiger partial charge in [-0.1, -0.05) is 6.07 Å². The Bertz CT molecular complexity index is 1270. The minimum Gasteiger partial charge on any atom is -0.494 e. The van der Waals surface area contributed by atoms with Crippen molar-refractivity contribution < 1.29 is 28.2 Å². The van der Waals surface area contributed by atoms with E-state index >= 15 is 0 Å². The number of hydrogen-bond donors (Lipinski definition) is 1. The average molecular weight is 467 g/mol. The first kappa shape index (κ1) is 23.3. The third-order valence-corrected chi connectivity index (χ3v) is 6.19. The lowest BCUT2D eigenvalue weighted by Gasteiger charge is -2.32. The molecule has 0 fully saturated rings. The number of nitrogens with zero attached hydrogens (tertiary/aromatic N) is 2. The summed E-state index contributed by atoms with van der Waals surface area (Å²) in [6, 6.07) is 8.41. The molecule has 8 nitrogen and oxygen atoms in total. The number of aromatic nitrogens is 2. The molecule has 0 saturated heterocycles. The van der Waals surface area contributed by atoms with E-state index in [9.17, 15) is 14.0 Å². The summed E-state index contributed by atoms with van der Waals surface area (Å²) in [6.45, 7) is 1.84. The van der Waals surface area contributed by atoms with Crippen molar-refractivity contribution in [3.8, 4) is 17.2 Å². The summed E-state index contributed by atoms with van der Waals surface area (Å²) in [5.41, 5.74) is 3.13. The second-order valence-corrected chi connectivity index (χ2v) is 8.11. The Labute approximate surface area is 196 Å². The zero-order chi connectivity index (χ0) is 24.6. The Morgan fingerprint density at radius 1 is 1.06 bits per heavy atom. The molecule has 1 heterocycles. The van der Waals surface area contributed by atoms with Crippen molar-refractivity contribution in [1.29, 1.82) is 0 Å². The van der Waals surface area contributed by atoms with Crippen molar-refractivity contribution in [2.45, 2.75) is 25.3 Å². The molecule has 1 amide bonds. The first-order valence-corrected chi connectivity index (χ1v) is 10.7. The molecule has 2 aromatic carbocycles. The average Bonchev–Trinajstić information content (AvgIpc) is 3.11.